The van der Waals surface area contributed by atoms with Crippen LogP contribution in [-0.2, 0) is 17.7 Å². The van der Waals surface area contributed by atoms with Gasteiger partial charge in [-0.1, -0.05) is 36.7 Å². The van der Waals surface area contributed by atoms with Crippen LogP contribution in [0.25, 0.3) is 11.0 Å². The predicted octanol–water partition coefficient (Wildman–Crippen LogP) is 3.93. The van der Waals surface area contributed by atoms with Gasteiger partial charge in [-0.2, -0.15) is 0 Å². The molecule has 2 heterocycles. The molecule has 126 valence electrons. The minimum absolute atomic E-state index is 0.147. The van der Waals surface area contributed by atoms with Gasteiger partial charge < -0.3 is 14.4 Å². The van der Waals surface area contributed by atoms with Gasteiger partial charge in [-0.3, -0.25) is 0 Å². The average molecular weight is 381 g/mol. The summed E-state index contributed by atoms with van der Waals surface area (Å²) in [7, 11) is 0. The maximum absolute atomic E-state index is 10.9. The Kier molecular flexibility index (Phi) is 4.55. The molecule has 1 aliphatic heterocycles. The first-order valence-electron chi connectivity index (χ1n) is 8.21. The lowest BCUT2D eigenvalue weighted by Crippen LogP contribution is -2.40. The van der Waals surface area contributed by atoms with Crippen molar-refractivity contribution < 1.29 is 9.84 Å². The van der Waals surface area contributed by atoms with Gasteiger partial charge in [-0.15, -0.1) is 0 Å². The van der Waals surface area contributed by atoms with E-state index >= 15 is 0 Å². The number of aromatic nitrogens is 2. The van der Waals surface area contributed by atoms with Crippen molar-refractivity contribution >= 4 is 27.0 Å². The fourth-order valence-electron chi connectivity index (χ4n) is 3.14. The number of imidazole rings is 1. The van der Waals surface area contributed by atoms with E-state index < -0.39 is 5.60 Å². The fourth-order valence-corrected chi connectivity index (χ4v) is 3.49. The summed E-state index contributed by atoms with van der Waals surface area (Å²) in [4.78, 5) is 4.85. The van der Waals surface area contributed by atoms with Crippen LogP contribution < -0.4 is 0 Å². The highest BCUT2D eigenvalue weighted by Crippen LogP contribution is 2.30. The molecule has 0 spiro atoms. The quantitative estimate of drug-likeness (QED) is 0.877. The number of fused-ring (bicyclic) bond motifs is 1. The summed E-state index contributed by atoms with van der Waals surface area (Å²) >= 11 is 3.52. The SMILES string of the molecule is CC(C)(C)Cc1nc2cc(Br)ccc2n1CC1(O)CCOCC1. The maximum Gasteiger partial charge on any atom is 0.110 e. The molecule has 2 aromatic rings. The molecule has 0 bridgehead atoms. The Bertz CT molecular complexity index is 697. The molecule has 1 aromatic heterocycles. The topological polar surface area (TPSA) is 47.3 Å². The second-order valence-electron chi connectivity index (χ2n) is 7.82. The van der Waals surface area contributed by atoms with Gasteiger partial charge in [0.05, 0.1) is 23.2 Å². The van der Waals surface area contributed by atoms with Crippen molar-refractivity contribution in [2.45, 2.75) is 52.2 Å². The minimum Gasteiger partial charge on any atom is -0.388 e. The molecule has 0 radical (unpaired) electrons. The third kappa shape index (κ3) is 3.95. The predicted molar refractivity (Wildman–Crippen MR) is 95.6 cm³/mol. The van der Waals surface area contributed by atoms with Crippen molar-refractivity contribution in [2.24, 2.45) is 5.41 Å². The first-order valence-corrected chi connectivity index (χ1v) is 9.00. The van der Waals surface area contributed by atoms with Crippen molar-refractivity contribution in [3.63, 3.8) is 0 Å². The average Bonchev–Trinajstić information content (AvgIpc) is 2.74. The molecule has 1 saturated heterocycles. The van der Waals surface area contributed by atoms with Gasteiger partial charge in [0, 0.05) is 36.9 Å². The normalized spacial score (nSPS) is 18.5. The van der Waals surface area contributed by atoms with Gasteiger partial charge >= 0.3 is 0 Å². The minimum atomic E-state index is -0.703. The molecular weight excluding hydrogens is 356 g/mol. The second kappa shape index (κ2) is 6.19. The van der Waals surface area contributed by atoms with Crippen molar-refractivity contribution in [3.05, 3.63) is 28.5 Å². The number of aliphatic hydroxyl groups is 1. The molecular formula is C18H25BrN2O2. The van der Waals surface area contributed by atoms with Gasteiger partial charge in [0.1, 0.15) is 5.82 Å². The van der Waals surface area contributed by atoms with E-state index in [-0.39, 0.29) is 5.41 Å². The molecule has 0 atom stereocenters. The van der Waals surface area contributed by atoms with Crippen LogP contribution in [0.4, 0.5) is 0 Å². The number of hydrogen-bond donors (Lipinski definition) is 1. The Morgan fingerprint density at radius 1 is 1.30 bits per heavy atom. The summed E-state index contributed by atoms with van der Waals surface area (Å²) in [5.41, 5.74) is 1.52. The van der Waals surface area contributed by atoms with Crippen LogP contribution in [0, 0.1) is 5.41 Å². The number of benzene rings is 1. The zero-order chi connectivity index (χ0) is 16.7. The van der Waals surface area contributed by atoms with Gasteiger partial charge in [0.25, 0.3) is 0 Å². The van der Waals surface area contributed by atoms with E-state index in [0.717, 1.165) is 27.8 Å². The monoisotopic (exact) mass is 380 g/mol. The Hall–Kier alpha value is -0.910. The van der Waals surface area contributed by atoms with E-state index in [0.29, 0.717) is 32.6 Å². The van der Waals surface area contributed by atoms with Crippen LogP contribution >= 0.6 is 15.9 Å². The molecule has 1 aliphatic rings. The lowest BCUT2D eigenvalue weighted by Gasteiger charge is -2.33. The first kappa shape index (κ1) is 16.9. The van der Waals surface area contributed by atoms with Crippen LogP contribution in [0.5, 0.6) is 0 Å². The van der Waals surface area contributed by atoms with Crippen molar-refractivity contribution in [3.8, 4) is 0 Å². The molecule has 4 nitrogen and oxygen atoms in total. The summed E-state index contributed by atoms with van der Waals surface area (Å²) in [6, 6.07) is 6.17. The summed E-state index contributed by atoms with van der Waals surface area (Å²) in [6.45, 7) is 8.49. The summed E-state index contributed by atoms with van der Waals surface area (Å²) in [5.74, 6) is 1.05. The van der Waals surface area contributed by atoms with Gasteiger partial charge in [-0.05, 0) is 23.6 Å². The van der Waals surface area contributed by atoms with Crippen LogP contribution in [-0.4, -0.2) is 33.5 Å². The third-order valence-corrected chi connectivity index (χ3v) is 4.85. The van der Waals surface area contributed by atoms with E-state index in [1.54, 1.807) is 0 Å². The molecule has 23 heavy (non-hydrogen) atoms. The van der Waals surface area contributed by atoms with Crippen molar-refractivity contribution in [2.75, 3.05) is 13.2 Å². The van der Waals surface area contributed by atoms with Crippen LogP contribution in [0.1, 0.15) is 39.4 Å². The molecule has 5 heteroatoms. The van der Waals surface area contributed by atoms with E-state index in [2.05, 4.69) is 47.3 Å². The number of hydrogen-bond acceptors (Lipinski definition) is 3. The van der Waals surface area contributed by atoms with E-state index in [1.807, 2.05) is 12.1 Å². The molecule has 0 unspecified atom stereocenters. The first-order chi connectivity index (χ1) is 10.8. The maximum atomic E-state index is 10.9. The second-order valence-corrected chi connectivity index (χ2v) is 8.74. The third-order valence-electron chi connectivity index (χ3n) is 4.35. The smallest absolute Gasteiger partial charge is 0.110 e. The lowest BCUT2D eigenvalue weighted by atomic mass is 9.91. The Morgan fingerprint density at radius 2 is 2.00 bits per heavy atom. The van der Waals surface area contributed by atoms with Gasteiger partial charge in [-0.25, -0.2) is 4.98 Å². The highest BCUT2D eigenvalue weighted by molar-refractivity contribution is 9.10. The van der Waals surface area contributed by atoms with Gasteiger partial charge in [0.2, 0.25) is 0 Å². The van der Waals surface area contributed by atoms with Gasteiger partial charge in [0.15, 0.2) is 0 Å². The van der Waals surface area contributed by atoms with Crippen molar-refractivity contribution in [1.82, 2.24) is 9.55 Å². The number of nitrogens with zero attached hydrogens (tertiary/aromatic N) is 2. The molecule has 3 rings (SSSR count). The molecule has 1 aromatic carbocycles. The van der Waals surface area contributed by atoms with Crippen LogP contribution in [0.3, 0.4) is 0 Å². The molecule has 1 N–H and O–H groups in total. The number of halogens is 1. The fraction of sp³-hybridized carbons (Fsp3) is 0.611. The number of rotatable bonds is 3. The largest absolute Gasteiger partial charge is 0.388 e. The summed E-state index contributed by atoms with van der Waals surface area (Å²) in [5, 5.41) is 10.9. The Balaban J connectivity index is 2.03. The standard InChI is InChI=1S/C18H25BrN2O2/c1-17(2,3)11-16-20-14-10-13(19)4-5-15(14)21(16)12-18(22)6-8-23-9-7-18/h4-5,10,22H,6-9,11-12H2,1-3H3. The highest BCUT2D eigenvalue weighted by atomic mass is 79.9. The van der Waals surface area contributed by atoms with E-state index in [1.165, 1.54) is 0 Å². The summed E-state index contributed by atoms with van der Waals surface area (Å²) < 4.78 is 8.64. The zero-order valence-corrected chi connectivity index (χ0v) is 15.7. The number of ether oxygens (including phenoxy) is 1. The lowest BCUT2D eigenvalue weighted by molar-refractivity contribution is -0.0727. The zero-order valence-electron chi connectivity index (χ0n) is 14.1. The van der Waals surface area contributed by atoms with Crippen LogP contribution in [0.2, 0.25) is 0 Å². The highest BCUT2D eigenvalue weighted by Gasteiger charge is 2.32. The molecule has 0 aliphatic carbocycles. The molecule has 1 fully saturated rings. The van der Waals surface area contributed by atoms with Crippen molar-refractivity contribution in [1.29, 1.82) is 0 Å². The van der Waals surface area contributed by atoms with E-state index in [9.17, 15) is 5.11 Å². The molecule has 0 amide bonds. The Morgan fingerprint density at radius 3 is 2.65 bits per heavy atom. The summed E-state index contributed by atoms with van der Waals surface area (Å²) in [6.07, 6.45) is 2.24. The van der Waals surface area contributed by atoms with E-state index in [4.69, 9.17) is 9.72 Å². The molecule has 0 saturated carbocycles. The van der Waals surface area contributed by atoms with Crippen LogP contribution in [0.15, 0.2) is 22.7 Å². The Labute approximate surface area is 146 Å².